The van der Waals surface area contributed by atoms with Gasteiger partial charge in [0.05, 0.1) is 0 Å². The van der Waals surface area contributed by atoms with Gasteiger partial charge in [-0.25, -0.2) is 0 Å². The summed E-state index contributed by atoms with van der Waals surface area (Å²) in [5.41, 5.74) is 1.28. The summed E-state index contributed by atoms with van der Waals surface area (Å²) in [6.07, 6.45) is 1.99. The number of nitrogens with one attached hydrogen (secondary N) is 1. The van der Waals surface area contributed by atoms with Crippen LogP contribution in [0.2, 0.25) is 0 Å². The van der Waals surface area contributed by atoms with Crippen molar-refractivity contribution >= 4 is 15.9 Å². The van der Waals surface area contributed by atoms with Crippen molar-refractivity contribution < 1.29 is 5.11 Å². The predicted octanol–water partition coefficient (Wildman–Crippen LogP) is 3.51. The van der Waals surface area contributed by atoms with E-state index in [0.717, 1.165) is 23.9 Å². The molecule has 0 aromatic heterocycles. The molecule has 0 aliphatic carbocycles. The van der Waals surface area contributed by atoms with Crippen LogP contribution in [0.3, 0.4) is 0 Å². The molecule has 0 heterocycles. The lowest BCUT2D eigenvalue weighted by atomic mass is 10.0. The molecule has 2 nitrogen and oxygen atoms in total. The SMILES string of the molecule is CCC(CCO)CNC(C)c1ccccc1Br. The molecule has 0 radical (unpaired) electrons. The van der Waals surface area contributed by atoms with E-state index in [1.54, 1.807) is 0 Å². The normalized spacial score (nSPS) is 14.6. The van der Waals surface area contributed by atoms with E-state index in [1.807, 2.05) is 6.07 Å². The van der Waals surface area contributed by atoms with Gasteiger partial charge in [-0.05, 0) is 37.4 Å². The average molecular weight is 300 g/mol. The summed E-state index contributed by atoms with van der Waals surface area (Å²) in [6.45, 7) is 5.58. The Morgan fingerprint density at radius 1 is 1.35 bits per heavy atom. The first kappa shape index (κ1) is 14.7. The number of hydrogen-bond acceptors (Lipinski definition) is 2. The van der Waals surface area contributed by atoms with E-state index < -0.39 is 0 Å². The number of aliphatic hydroxyl groups excluding tert-OH is 1. The van der Waals surface area contributed by atoms with Gasteiger partial charge in [-0.1, -0.05) is 47.5 Å². The summed E-state index contributed by atoms with van der Waals surface area (Å²) in [5, 5.41) is 12.5. The van der Waals surface area contributed by atoms with Crippen LogP contribution in [0, 0.1) is 5.92 Å². The maximum atomic E-state index is 8.96. The first-order valence-corrected chi connectivity index (χ1v) is 7.07. The maximum absolute atomic E-state index is 8.96. The Balaban J connectivity index is 2.49. The lowest BCUT2D eigenvalue weighted by molar-refractivity contribution is 0.249. The zero-order valence-corrected chi connectivity index (χ0v) is 12.2. The highest BCUT2D eigenvalue weighted by Gasteiger charge is 2.11. The van der Waals surface area contributed by atoms with Crippen LogP contribution in [-0.2, 0) is 0 Å². The van der Waals surface area contributed by atoms with Gasteiger partial charge < -0.3 is 10.4 Å². The molecule has 0 aliphatic rings. The van der Waals surface area contributed by atoms with Gasteiger partial charge in [0.2, 0.25) is 0 Å². The van der Waals surface area contributed by atoms with Gasteiger partial charge in [-0.2, -0.15) is 0 Å². The third-order valence-electron chi connectivity index (χ3n) is 3.20. The van der Waals surface area contributed by atoms with Crippen molar-refractivity contribution in [3.05, 3.63) is 34.3 Å². The lowest BCUT2D eigenvalue weighted by Crippen LogP contribution is -2.26. The number of hydrogen-bond donors (Lipinski definition) is 2. The fraction of sp³-hybridized carbons (Fsp3) is 0.571. The number of benzene rings is 1. The van der Waals surface area contributed by atoms with E-state index in [0.29, 0.717) is 12.0 Å². The van der Waals surface area contributed by atoms with E-state index in [2.05, 4.69) is 53.3 Å². The van der Waals surface area contributed by atoms with Crippen molar-refractivity contribution in [2.24, 2.45) is 5.92 Å². The zero-order valence-electron chi connectivity index (χ0n) is 10.6. The van der Waals surface area contributed by atoms with Crippen LogP contribution < -0.4 is 5.32 Å². The molecule has 2 unspecified atom stereocenters. The van der Waals surface area contributed by atoms with Crippen molar-refractivity contribution in [2.75, 3.05) is 13.2 Å². The molecular formula is C14H22BrNO. The molecule has 0 fully saturated rings. The van der Waals surface area contributed by atoms with Crippen LogP contribution in [0.25, 0.3) is 0 Å². The van der Waals surface area contributed by atoms with Gasteiger partial charge in [0.25, 0.3) is 0 Å². The van der Waals surface area contributed by atoms with Crippen molar-refractivity contribution in [1.29, 1.82) is 0 Å². The Morgan fingerprint density at radius 3 is 2.65 bits per heavy atom. The molecule has 96 valence electrons. The predicted molar refractivity (Wildman–Crippen MR) is 76.0 cm³/mol. The topological polar surface area (TPSA) is 32.3 Å². The third kappa shape index (κ3) is 4.78. The molecule has 0 amide bonds. The monoisotopic (exact) mass is 299 g/mol. The standard InChI is InChI=1S/C14H22BrNO/c1-3-12(8-9-17)10-16-11(2)13-6-4-5-7-14(13)15/h4-7,11-12,16-17H,3,8-10H2,1-2H3. The molecule has 2 atom stereocenters. The highest BCUT2D eigenvalue weighted by atomic mass is 79.9. The molecule has 0 aliphatic heterocycles. The van der Waals surface area contributed by atoms with Crippen LogP contribution in [-0.4, -0.2) is 18.3 Å². The first-order valence-electron chi connectivity index (χ1n) is 6.27. The molecule has 0 bridgehead atoms. The summed E-state index contributed by atoms with van der Waals surface area (Å²) in [4.78, 5) is 0. The summed E-state index contributed by atoms with van der Waals surface area (Å²) in [5.74, 6) is 0.560. The van der Waals surface area contributed by atoms with Crippen LogP contribution in [0.15, 0.2) is 28.7 Å². The van der Waals surface area contributed by atoms with Gasteiger partial charge in [-0.3, -0.25) is 0 Å². The largest absolute Gasteiger partial charge is 0.396 e. The average Bonchev–Trinajstić information content (AvgIpc) is 2.34. The van der Waals surface area contributed by atoms with Crippen molar-refractivity contribution in [3.8, 4) is 0 Å². The van der Waals surface area contributed by atoms with Crippen molar-refractivity contribution in [1.82, 2.24) is 5.32 Å². The van der Waals surface area contributed by atoms with Gasteiger partial charge >= 0.3 is 0 Å². The fourth-order valence-corrected chi connectivity index (χ4v) is 2.54. The minimum atomic E-state index is 0.281. The van der Waals surface area contributed by atoms with E-state index >= 15 is 0 Å². The van der Waals surface area contributed by atoms with Crippen LogP contribution in [0.4, 0.5) is 0 Å². The minimum absolute atomic E-state index is 0.281. The maximum Gasteiger partial charge on any atom is 0.0434 e. The van der Waals surface area contributed by atoms with Gasteiger partial charge in [0.15, 0.2) is 0 Å². The quantitative estimate of drug-likeness (QED) is 0.807. The number of aliphatic hydroxyl groups is 1. The Hall–Kier alpha value is -0.380. The highest BCUT2D eigenvalue weighted by Crippen LogP contribution is 2.23. The van der Waals surface area contributed by atoms with Crippen molar-refractivity contribution in [3.63, 3.8) is 0 Å². The van der Waals surface area contributed by atoms with Crippen LogP contribution >= 0.6 is 15.9 Å². The molecule has 1 rings (SSSR count). The number of halogens is 1. The molecule has 0 saturated carbocycles. The molecule has 2 N–H and O–H groups in total. The van der Waals surface area contributed by atoms with Gasteiger partial charge in [0.1, 0.15) is 0 Å². The second kappa shape index (κ2) is 7.85. The Morgan fingerprint density at radius 2 is 2.06 bits per heavy atom. The molecule has 1 aromatic rings. The molecule has 0 spiro atoms. The summed E-state index contributed by atoms with van der Waals surface area (Å²) in [7, 11) is 0. The van der Waals surface area contributed by atoms with E-state index in [9.17, 15) is 0 Å². The van der Waals surface area contributed by atoms with Crippen LogP contribution in [0.1, 0.15) is 38.3 Å². The molecule has 17 heavy (non-hydrogen) atoms. The van der Waals surface area contributed by atoms with Crippen molar-refractivity contribution in [2.45, 2.75) is 32.7 Å². The molecule has 0 saturated heterocycles. The molecular weight excluding hydrogens is 278 g/mol. The third-order valence-corrected chi connectivity index (χ3v) is 3.92. The zero-order chi connectivity index (χ0) is 12.7. The van der Waals surface area contributed by atoms with E-state index in [4.69, 9.17) is 5.11 Å². The molecule has 3 heteroatoms. The van der Waals surface area contributed by atoms with E-state index in [-0.39, 0.29) is 6.61 Å². The Labute approximate surface area is 113 Å². The Bertz CT molecular complexity index is 330. The van der Waals surface area contributed by atoms with E-state index in [1.165, 1.54) is 5.56 Å². The van der Waals surface area contributed by atoms with Gasteiger partial charge in [0, 0.05) is 17.1 Å². The second-order valence-corrected chi connectivity index (χ2v) is 5.29. The molecule has 1 aromatic carbocycles. The summed E-state index contributed by atoms with van der Waals surface area (Å²) >= 11 is 3.57. The van der Waals surface area contributed by atoms with Crippen LogP contribution in [0.5, 0.6) is 0 Å². The summed E-state index contributed by atoms with van der Waals surface area (Å²) < 4.78 is 1.15. The highest BCUT2D eigenvalue weighted by molar-refractivity contribution is 9.10. The minimum Gasteiger partial charge on any atom is -0.396 e. The number of rotatable bonds is 7. The lowest BCUT2D eigenvalue weighted by Gasteiger charge is -2.20. The summed E-state index contributed by atoms with van der Waals surface area (Å²) in [6, 6.07) is 8.62. The second-order valence-electron chi connectivity index (χ2n) is 4.44. The van der Waals surface area contributed by atoms with Gasteiger partial charge in [-0.15, -0.1) is 0 Å². The Kier molecular flexibility index (Phi) is 6.78. The first-order chi connectivity index (χ1) is 8.19. The smallest absolute Gasteiger partial charge is 0.0434 e. The fourth-order valence-electron chi connectivity index (χ4n) is 1.91.